The molecule has 2 aliphatic rings. The van der Waals surface area contributed by atoms with Crippen LogP contribution in [0, 0.1) is 0 Å². The zero-order chi connectivity index (χ0) is 22.8. The van der Waals surface area contributed by atoms with E-state index in [9.17, 15) is 27.9 Å². The molecule has 0 radical (unpaired) electrons. The molecule has 2 aliphatic heterocycles. The monoisotopic (exact) mass is 509 g/mol. The second kappa shape index (κ2) is 9.76. The van der Waals surface area contributed by atoms with Gasteiger partial charge in [-0.15, -0.1) is 22.0 Å². The first-order chi connectivity index (χ1) is 14.6. The molecule has 3 rings (SSSR count). The largest absolute Gasteiger partial charge is 0.477 e. The molecule has 1 aromatic rings. The third kappa shape index (κ3) is 5.51. The highest BCUT2D eigenvalue weighted by Gasteiger charge is 2.54. The molecule has 1 saturated heterocycles. The van der Waals surface area contributed by atoms with Crippen LogP contribution in [0.4, 0.5) is 0 Å². The summed E-state index contributed by atoms with van der Waals surface area (Å²) in [5.41, 5.74) is 0.133. The predicted molar refractivity (Wildman–Crippen MR) is 114 cm³/mol. The first-order valence-electron chi connectivity index (χ1n) is 8.72. The number of carbonyl (C=O) groups excluding carboxylic acids is 2. The Labute approximate surface area is 189 Å². The molecule has 3 heterocycles. The molecule has 17 heteroatoms. The molecule has 0 bridgehead atoms. The number of carbonyl (C=O) groups is 3. The molecule has 5 N–H and O–H groups in total. The van der Waals surface area contributed by atoms with Gasteiger partial charge in [-0.25, -0.2) is 18.4 Å². The van der Waals surface area contributed by atoms with Crippen LogP contribution in [0.2, 0.25) is 0 Å². The minimum Gasteiger partial charge on any atom is -0.477 e. The first kappa shape index (κ1) is 23.8. The van der Waals surface area contributed by atoms with Gasteiger partial charge in [-0.05, 0) is 23.5 Å². The maximum atomic E-state index is 12.7. The molecule has 0 spiro atoms. The number of tetrazole rings is 1. The topological polar surface area (TPSA) is 201 Å². The van der Waals surface area contributed by atoms with Gasteiger partial charge in [0.25, 0.3) is 5.91 Å². The summed E-state index contributed by atoms with van der Waals surface area (Å²) in [6.07, 6.45) is 1.75. The van der Waals surface area contributed by atoms with Crippen molar-refractivity contribution in [3.05, 3.63) is 11.3 Å². The Kier molecular flexibility index (Phi) is 7.51. The number of nitrogens with two attached hydrogens (primary N) is 1. The normalized spacial score (nSPS) is 22.0. The van der Waals surface area contributed by atoms with Crippen molar-refractivity contribution in [3.8, 4) is 0 Å². The summed E-state index contributed by atoms with van der Waals surface area (Å²) in [5, 5.41) is 29.9. The number of nitrogens with zero attached hydrogens (tertiary/aromatic N) is 4. The second-order valence-electron chi connectivity index (χ2n) is 6.52. The number of sulfonamides is 1. The molecule has 2 amide bonds. The van der Waals surface area contributed by atoms with Gasteiger partial charge in [-0.3, -0.25) is 14.5 Å². The molecule has 170 valence electrons. The minimum absolute atomic E-state index is 0.00863. The van der Waals surface area contributed by atoms with Crippen molar-refractivity contribution in [2.45, 2.75) is 28.2 Å². The average Bonchev–Trinajstić information content (AvgIpc) is 3.20. The van der Waals surface area contributed by atoms with Gasteiger partial charge in [-0.2, -0.15) is 17.0 Å². The fourth-order valence-electron chi connectivity index (χ4n) is 3.14. The Balaban J connectivity index is 1.89. The lowest BCUT2D eigenvalue weighted by molar-refractivity contribution is -0.150. The zero-order valence-electron chi connectivity index (χ0n) is 16.0. The Morgan fingerprint density at radius 2 is 2.23 bits per heavy atom. The van der Waals surface area contributed by atoms with Crippen molar-refractivity contribution in [2.24, 2.45) is 5.14 Å². The number of aromatic nitrogens is 4. The summed E-state index contributed by atoms with van der Waals surface area (Å²) in [6, 6.07) is -0.812. The van der Waals surface area contributed by atoms with E-state index < -0.39 is 44.3 Å². The molecule has 1 aromatic heterocycles. The lowest BCUT2D eigenvalue weighted by Crippen LogP contribution is -2.70. The van der Waals surface area contributed by atoms with Crippen LogP contribution < -0.4 is 10.5 Å². The SMILES string of the molecule is CSCC(=O)NC1C(=O)N2C(C(=O)O)=C(C(CCS(N)(=O)=O)Sc3nn[nH]n3)CS[C@@H]12. The molecule has 13 nitrogen and oxygen atoms in total. The molecule has 0 aliphatic carbocycles. The summed E-state index contributed by atoms with van der Waals surface area (Å²) < 4.78 is 23.0. The smallest absolute Gasteiger partial charge is 0.352 e. The van der Waals surface area contributed by atoms with E-state index in [-0.39, 0.29) is 34.7 Å². The Bertz CT molecular complexity index is 999. The molecule has 0 saturated carbocycles. The molecule has 2 unspecified atom stereocenters. The highest BCUT2D eigenvalue weighted by atomic mass is 32.2. The number of hydrogen-bond donors (Lipinski definition) is 4. The molecular weight excluding hydrogens is 490 g/mol. The predicted octanol–water partition coefficient (Wildman–Crippen LogP) is -1.56. The van der Waals surface area contributed by atoms with Crippen LogP contribution in [0.5, 0.6) is 0 Å². The lowest BCUT2D eigenvalue weighted by atomic mass is 10.0. The van der Waals surface area contributed by atoms with E-state index in [0.717, 1.165) is 16.7 Å². The number of thioether (sulfide) groups is 3. The van der Waals surface area contributed by atoms with Crippen molar-refractivity contribution in [1.82, 2.24) is 30.8 Å². The van der Waals surface area contributed by atoms with Gasteiger partial charge in [0.2, 0.25) is 21.1 Å². The minimum atomic E-state index is -3.81. The number of aromatic amines is 1. The van der Waals surface area contributed by atoms with Gasteiger partial charge < -0.3 is 10.4 Å². The Morgan fingerprint density at radius 3 is 2.81 bits per heavy atom. The first-order valence-corrected chi connectivity index (χ1v) is 13.8. The number of β-lactam (4-membered cyclic amide) rings is 1. The van der Waals surface area contributed by atoms with E-state index in [1.54, 1.807) is 6.26 Å². The van der Waals surface area contributed by atoms with Gasteiger partial charge in [-0.1, -0.05) is 11.8 Å². The molecular formula is C14H19N7O6S4. The average molecular weight is 510 g/mol. The summed E-state index contributed by atoms with van der Waals surface area (Å²) in [6.45, 7) is 0. The Hall–Kier alpha value is -1.82. The lowest BCUT2D eigenvalue weighted by Gasteiger charge is -2.50. The molecule has 3 atom stereocenters. The number of nitrogens with one attached hydrogen (secondary N) is 2. The van der Waals surface area contributed by atoms with Crippen LogP contribution in [0.3, 0.4) is 0 Å². The van der Waals surface area contributed by atoms with E-state index in [1.165, 1.54) is 23.5 Å². The van der Waals surface area contributed by atoms with E-state index in [0.29, 0.717) is 5.57 Å². The van der Waals surface area contributed by atoms with Crippen LogP contribution in [0.15, 0.2) is 16.4 Å². The third-order valence-electron chi connectivity index (χ3n) is 4.42. The number of H-pyrrole nitrogens is 1. The van der Waals surface area contributed by atoms with Crippen molar-refractivity contribution >= 4 is 63.1 Å². The van der Waals surface area contributed by atoms with Gasteiger partial charge in [0.05, 0.1) is 11.5 Å². The van der Waals surface area contributed by atoms with Gasteiger partial charge in [0.15, 0.2) is 0 Å². The summed E-state index contributed by atoms with van der Waals surface area (Å²) in [5.74, 6) is -2.16. The Morgan fingerprint density at radius 1 is 1.48 bits per heavy atom. The van der Waals surface area contributed by atoms with Crippen LogP contribution in [-0.4, -0.2) is 97.0 Å². The van der Waals surface area contributed by atoms with Gasteiger partial charge in [0.1, 0.15) is 17.1 Å². The highest BCUT2D eigenvalue weighted by Crippen LogP contribution is 2.44. The summed E-state index contributed by atoms with van der Waals surface area (Å²) >= 11 is 3.63. The number of aliphatic carboxylic acids is 1. The maximum Gasteiger partial charge on any atom is 0.352 e. The maximum absolute atomic E-state index is 12.7. The number of carboxylic acids is 1. The van der Waals surface area contributed by atoms with E-state index in [2.05, 4.69) is 25.9 Å². The molecule has 31 heavy (non-hydrogen) atoms. The van der Waals surface area contributed by atoms with Crippen LogP contribution in [0.25, 0.3) is 0 Å². The number of primary sulfonamides is 1. The van der Waals surface area contributed by atoms with Crippen LogP contribution in [0.1, 0.15) is 6.42 Å². The highest BCUT2D eigenvalue weighted by molar-refractivity contribution is 8.01. The molecule has 1 fully saturated rings. The third-order valence-corrected chi connectivity index (χ3v) is 8.27. The van der Waals surface area contributed by atoms with E-state index in [1.807, 2.05) is 0 Å². The number of amides is 2. The van der Waals surface area contributed by atoms with Crippen molar-refractivity contribution in [2.75, 3.05) is 23.5 Å². The second-order valence-corrected chi connectivity index (χ2v) is 11.4. The summed E-state index contributed by atoms with van der Waals surface area (Å²) in [4.78, 5) is 37.8. The van der Waals surface area contributed by atoms with Gasteiger partial charge >= 0.3 is 5.97 Å². The molecule has 0 aromatic carbocycles. The number of carboxylic acid groups (broad SMARTS) is 1. The summed E-state index contributed by atoms with van der Waals surface area (Å²) in [7, 11) is -3.81. The van der Waals surface area contributed by atoms with E-state index in [4.69, 9.17) is 5.14 Å². The van der Waals surface area contributed by atoms with Crippen molar-refractivity contribution < 1.29 is 27.9 Å². The fourth-order valence-corrected chi connectivity index (χ4v) is 6.74. The van der Waals surface area contributed by atoms with Crippen molar-refractivity contribution in [1.29, 1.82) is 0 Å². The standard InChI is InChI=1S/C14H19N7O6S4/c1-28-5-8(22)16-9-11(23)21-10(13(24)25)6(4-29-12(9)21)7(2-3-31(15,26)27)30-14-17-19-20-18-14/h7,9,12H,2-5H2,1H3,(H,16,22)(H,24,25)(H2,15,26,27)(H,17,18,19,20)/t7?,9?,12-/m0/s1. The zero-order valence-corrected chi connectivity index (χ0v) is 19.3. The quantitative estimate of drug-likeness (QED) is 0.209. The van der Waals surface area contributed by atoms with Crippen molar-refractivity contribution in [3.63, 3.8) is 0 Å². The van der Waals surface area contributed by atoms with Gasteiger partial charge in [0, 0.05) is 11.0 Å². The number of rotatable bonds is 10. The van der Waals surface area contributed by atoms with Crippen LogP contribution >= 0.6 is 35.3 Å². The number of hydrogen-bond acceptors (Lipinski definition) is 11. The number of fused-ring (bicyclic) bond motifs is 1. The van der Waals surface area contributed by atoms with E-state index >= 15 is 0 Å². The fraction of sp³-hybridized carbons (Fsp3) is 0.571. The van der Waals surface area contributed by atoms with Crippen LogP contribution in [-0.2, 0) is 24.4 Å².